The van der Waals surface area contributed by atoms with E-state index in [4.69, 9.17) is 14.9 Å². The molecule has 2 aromatic rings. The molecule has 1 unspecified atom stereocenters. The minimum atomic E-state index is -1.26. The molecule has 2 aliphatic rings. The van der Waals surface area contributed by atoms with Gasteiger partial charge >= 0.3 is 11.9 Å². The number of hydrogen-bond donors (Lipinski definition) is 2. The number of likely N-dealkylation sites (tertiary alicyclic amines) is 2. The van der Waals surface area contributed by atoms with Crippen molar-refractivity contribution in [2.75, 3.05) is 39.8 Å². The van der Waals surface area contributed by atoms with E-state index < -0.39 is 11.9 Å². The fourth-order valence-electron chi connectivity index (χ4n) is 5.28. The Morgan fingerprint density at radius 2 is 1.56 bits per heavy atom. The number of rotatable bonds is 9. The second-order valence-electron chi connectivity index (χ2n) is 9.97. The van der Waals surface area contributed by atoms with Crippen molar-refractivity contribution in [1.82, 2.24) is 9.80 Å². The monoisotopic (exact) mass is 556 g/mol. The maximum Gasteiger partial charge on any atom is 0.328 e. The molecule has 1 aromatic heterocycles. The summed E-state index contributed by atoms with van der Waals surface area (Å²) < 4.78 is 5.54. The van der Waals surface area contributed by atoms with Crippen LogP contribution < -0.4 is 4.74 Å². The summed E-state index contributed by atoms with van der Waals surface area (Å²) in [6.07, 6.45) is 9.17. The van der Waals surface area contributed by atoms with Crippen LogP contribution in [0.3, 0.4) is 0 Å². The Labute approximate surface area is 234 Å². The van der Waals surface area contributed by atoms with Crippen molar-refractivity contribution < 1.29 is 29.3 Å². The van der Waals surface area contributed by atoms with E-state index in [1.54, 1.807) is 7.11 Å². The zero-order chi connectivity index (χ0) is 28.0. The summed E-state index contributed by atoms with van der Waals surface area (Å²) in [6, 6.07) is 12.5. The minimum absolute atomic E-state index is 0.0191. The van der Waals surface area contributed by atoms with Gasteiger partial charge in [0.2, 0.25) is 5.91 Å². The smallest absolute Gasteiger partial charge is 0.328 e. The molecule has 4 rings (SSSR count). The summed E-state index contributed by atoms with van der Waals surface area (Å²) >= 11 is 1.83. The van der Waals surface area contributed by atoms with Crippen LogP contribution in [0.5, 0.6) is 5.75 Å². The first-order chi connectivity index (χ1) is 18.9. The topological polar surface area (TPSA) is 107 Å². The number of hydrogen-bond acceptors (Lipinski definition) is 6. The fourth-order valence-corrected chi connectivity index (χ4v) is 6.31. The predicted octanol–water partition coefficient (Wildman–Crippen LogP) is 5.22. The normalized spacial score (nSPS) is 17.6. The zero-order valence-electron chi connectivity index (χ0n) is 22.7. The van der Waals surface area contributed by atoms with E-state index >= 15 is 0 Å². The summed E-state index contributed by atoms with van der Waals surface area (Å²) in [5.74, 6) is -0.536. The molecule has 2 N–H and O–H groups in total. The molecule has 0 spiro atoms. The highest BCUT2D eigenvalue weighted by molar-refractivity contribution is 7.10. The highest BCUT2D eigenvalue weighted by Crippen LogP contribution is 2.38. The van der Waals surface area contributed by atoms with Gasteiger partial charge in [0.1, 0.15) is 5.75 Å². The van der Waals surface area contributed by atoms with Crippen molar-refractivity contribution in [3.63, 3.8) is 0 Å². The van der Waals surface area contributed by atoms with Crippen LogP contribution in [0, 0.1) is 0 Å². The van der Waals surface area contributed by atoms with Crippen molar-refractivity contribution in [1.29, 1.82) is 0 Å². The van der Waals surface area contributed by atoms with Gasteiger partial charge in [-0.3, -0.25) is 4.79 Å². The van der Waals surface area contributed by atoms with Crippen LogP contribution in [0.25, 0.3) is 0 Å². The summed E-state index contributed by atoms with van der Waals surface area (Å²) in [5.41, 5.74) is 1.18. The Morgan fingerprint density at radius 1 is 0.949 bits per heavy atom. The van der Waals surface area contributed by atoms with E-state index in [2.05, 4.69) is 45.5 Å². The minimum Gasteiger partial charge on any atom is -0.496 e. The summed E-state index contributed by atoms with van der Waals surface area (Å²) in [5, 5.41) is 17.8. The van der Waals surface area contributed by atoms with E-state index in [-0.39, 0.29) is 5.92 Å². The average molecular weight is 557 g/mol. The Morgan fingerprint density at radius 3 is 2.13 bits per heavy atom. The number of aliphatic carboxylic acids is 2. The van der Waals surface area contributed by atoms with Crippen molar-refractivity contribution in [3.8, 4) is 5.75 Å². The van der Waals surface area contributed by atoms with Crippen LogP contribution >= 0.6 is 11.3 Å². The van der Waals surface area contributed by atoms with Crippen LogP contribution in [-0.4, -0.2) is 77.7 Å². The van der Waals surface area contributed by atoms with Gasteiger partial charge in [-0.2, -0.15) is 0 Å². The van der Waals surface area contributed by atoms with E-state index in [9.17, 15) is 14.4 Å². The SMILES string of the molecule is COc1ccsc1C1CCN(CCC(C(=O)N2CCCCCC2)c2ccccc2)CC1.O=C(O)/C=C/C(=O)O. The Kier molecular flexibility index (Phi) is 12.5. The van der Waals surface area contributed by atoms with Crippen LogP contribution in [0.4, 0.5) is 0 Å². The molecule has 0 radical (unpaired) electrons. The average Bonchev–Trinajstić information content (AvgIpc) is 3.26. The zero-order valence-corrected chi connectivity index (χ0v) is 23.5. The molecule has 1 atom stereocenters. The van der Waals surface area contributed by atoms with Crippen molar-refractivity contribution in [2.45, 2.75) is 56.8 Å². The Hall–Kier alpha value is -3.17. The lowest BCUT2D eigenvalue weighted by atomic mass is 9.91. The number of carboxylic acids is 2. The summed E-state index contributed by atoms with van der Waals surface area (Å²) in [4.78, 5) is 38.7. The van der Waals surface area contributed by atoms with Gasteiger partial charge in [-0.15, -0.1) is 11.3 Å². The lowest BCUT2D eigenvalue weighted by Gasteiger charge is -2.33. The number of carbonyl (C=O) groups is 3. The molecule has 39 heavy (non-hydrogen) atoms. The number of benzene rings is 1. The van der Waals surface area contributed by atoms with Gasteiger partial charge in [-0.1, -0.05) is 43.2 Å². The first-order valence-electron chi connectivity index (χ1n) is 13.7. The molecule has 0 saturated carbocycles. The van der Waals surface area contributed by atoms with E-state index in [1.165, 1.54) is 36.1 Å². The number of carbonyl (C=O) groups excluding carboxylic acids is 1. The summed E-state index contributed by atoms with van der Waals surface area (Å²) in [6.45, 7) is 5.05. The maximum atomic E-state index is 13.5. The largest absolute Gasteiger partial charge is 0.496 e. The summed E-state index contributed by atoms with van der Waals surface area (Å²) in [7, 11) is 1.77. The predicted molar refractivity (Wildman–Crippen MR) is 153 cm³/mol. The maximum absolute atomic E-state index is 13.5. The van der Waals surface area contributed by atoms with Crippen molar-refractivity contribution in [3.05, 3.63) is 64.4 Å². The van der Waals surface area contributed by atoms with Crippen molar-refractivity contribution in [2.24, 2.45) is 0 Å². The van der Waals surface area contributed by atoms with Gasteiger partial charge in [-0.25, -0.2) is 9.59 Å². The van der Waals surface area contributed by atoms with Gasteiger partial charge in [0.25, 0.3) is 0 Å². The highest BCUT2D eigenvalue weighted by Gasteiger charge is 2.29. The van der Waals surface area contributed by atoms with Gasteiger partial charge in [0.05, 0.1) is 13.0 Å². The lowest BCUT2D eigenvalue weighted by molar-refractivity contribution is -0.134. The number of carboxylic acid groups (broad SMARTS) is 2. The molecule has 0 bridgehead atoms. The second kappa shape index (κ2) is 16.1. The molecule has 1 aromatic carbocycles. The van der Waals surface area contributed by atoms with Crippen molar-refractivity contribution >= 4 is 29.2 Å². The van der Waals surface area contributed by atoms with E-state index in [1.807, 2.05) is 17.4 Å². The number of ether oxygens (including phenoxy) is 1. The number of thiophene rings is 1. The highest BCUT2D eigenvalue weighted by atomic mass is 32.1. The van der Waals surface area contributed by atoms with Gasteiger partial charge in [-0.05, 0) is 74.7 Å². The molecule has 0 aliphatic carbocycles. The van der Waals surface area contributed by atoms with E-state index in [0.717, 1.165) is 57.7 Å². The third-order valence-corrected chi connectivity index (χ3v) is 8.42. The third kappa shape index (κ3) is 9.82. The molecule has 2 saturated heterocycles. The molecule has 2 aliphatic heterocycles. The standard InChI is InChI=1S/C26H36N2O2S.C4H4O4/c1-30-24-14-20-31-25(24)22-11-17-27(18-12-22)19-13-23(21-9-5-4-6-10-21)26(29)28-15-7-2-3-8-16-28;5-3(6)1-2-4(7)8/h4-6,9-10,14,20,22-23H,2-3,7-8,11-13,15-19H2,1H3;1-2H,(H,5,6)(H,7,8)/b;2-1+. The molecule has 1 amide bonds. The molecule has 3 heterocycles. The molecular formula is C30H40N2O6S. The molecule has 8 nitrogen and oxygen atoms in total. The number of methoxy groups -OCH3 is 1. The lowest BCUT2D eigenvalue weighted by Crippen LogP contribution is -2.39. The first kappa shape index (κ1) is 30.4. The Bertz CT molecular complexity index is 1050. The van der Waals surface area contributed by atoms with Gasteiger partial charge < -0.3 is 24.7 Å². The number of amides is 1. The van der Waals surface area contributed by atoms with Crippen LogP contribution in [0.15, 0.2) is 53.9 Å². The van der Waals surface area contributed by atoms with Gasteiger partial charge in [0.15, 0.2) is 0 Å². The first-order valence-corrected chi connectivity index (χ1v) is 14.6. The van der Waals surface area contributed by atoms with Crippen LogP contribution in [0.2, 0.25) is 0 Å². The van der Waals surface area contributed by atoms with Crippen LogP contribution in [-0.2, 0) is 14.4 Å². The molecule has 212 valence electrons. The number of piperidine rings is 1. The molecular weight excluding hydrogens is 516 g/mol. The number of nitrogens with zero attached hydrogens (tertiary/aromatic N) is 2. The second-order valence-corrected chi connectivity index (χ2v) is 10.9. The van der Waals surface area contributed by atoms with Gasteiger partial charge in [0, 0.05) is 30.1 Å². The molecule has 2 fully saturated rings. The van der Waals surface area contributed by atoms with E-state index in [0.29, 0.717) is 24.0 Å². The third-order valence-electron chi connectivity index (χ3n) is 7.36. The van der Waals surface area contributed by atoms with Crippen LogP contribution in [0.1, 0.15) is 67.2 Å². The Balaban J connectivity index is 0.000000459. The molecule has 9 heteroatoms. The fraction of sp³-hybridized carbons (Fsp3) is 0.500. The quantitative estimate of drug-likeness (QED) is 0.408.